The third-order valence-corrected chi connectivity index (χ3v) is 4.17. The summed E-state index contributed by atoms with van der Waals surface area (Å²) in [6, 6.07) is 2.35. The van der Waals surface area contributed by atoms with E-state index in [9.17, 15) is 4.79 Å². The fourth-order valence-corrected chi connectivity index (χ4v) is 2.70. The molecular formula is C14H21ClN4O. The minimum Gasteiger partial charge on any atom is -0.372 e. The van der Waals surface area contributed by atoms with Gasteiger partial charge in [0.15, 0.2) is 0 Å². The number of likely N-dealkylation sites (tertiary alicyclic amines) is 1. The maximum absolute atomic E-state index is 12.2. The molecule has 0 radical (unpaired) electrons. The average molecular weight is 297 g/mol. The highest BCUT2D eigenvalue weighted by molar-refractivity contribution is 6.33. The van der Waals surface area contributed by atoms with Crippen LogP contribution in [0.2, 0.25) is 5.02 Å². The molecule has 0 bridgehead atoms. The molecule has 20 heavy (non-hydrogen) atoms. The van der Waals surface area contributed by atoms with Gasteiger partial charge in [-0.25, -0.2) is 4.98 Å². The van der Waals surface area contributed by atoms with Crippen molar-refractivity contribution < 1.29 is 4.79 Å². The van der Waals surface area contributed by atoms with Gasteiger partial charge in [0, 0.05) is 31.9 Å². The number of rotatable bonds is 3. The van der Waals surface area contributed by atoms with Crippen molar-refractivity contribution in [2.24, 2.45) is 0 Å². The van der Waals surface area contributed by atoms with E-state index in [4.69, 9.17) is 11.6 Å². The maximum Gasteiger partial charge on any atom is 0.253 e. The highest BCUT2D eigenvalue weighted by Gasteiger charge is 2.24. The zero-order chi connectivity index (χ0) is 14.7. The summed E-state index contributed by atoms with van der Waals surface area (Å²) >= 11 is 6.05. The molecule has 2 rings (SSSR count). The summed E-state index contributed by atoms with van der Waals surface area (Å²) in [5, 5.41) is 6.39. The van der Waals surface area contributed by atoms with Gasteiger partial charge >= 0.3 is 0 Å². The van der Waals surface area contributed by atoms with E-state index in [2.05, 4.69) is 34.5 Å². The Hall–Kier alpha value is -1.33. The summed E-state index contributed by atoms with van der Waals surface area (Å²) in [7, 11) is 3.86. The first-order valence-corrected chi connectivity index (χ1v) is 7.23. The Morgan fingerprint density at radius 3 is 2.90 bits per heavy atom. The Labute approximate surface area is 124 Å². The Bertz CT molecular complexity index is 494. The normalized spacial score (nSPS) is 23.4. The zero-order valence-electron chi connectivity index (χ0n) is 12.1. The highest BCUT2D eigenvalue weighted by Crippen LogP contribution is 2.20. The van der Waals surface area contributed by atoms with E-state index in [1.807, 2.05) is 0 Å². The second-order valence-corrected chi connectivity index (χ2v) is 5.74. The minimum atomic E-state index is -0.108. The Kier molecular flexibility index (Phi) is 4.83. The monoisotopic (exact) mass is 296 g/mol. The summed E-state index contributed by atoms with van der Waals surface area (Å²) in [6.45, 7) is 3.18. The fraction of sp³-hybridized carbons (Fsp3) is 0.571. The van der Waals surface area contributed by atoms with Crippen LogP contribution in [0.1, 0.15) is 30.1 Å². The number of piperidine rings is 1. The molecule has 1 amide bonds. The summed E-state index contributed by atoms with van der Waals surface area (Å²) in [5.74, 6) is 0.472. The van der Waals surface area contributed by atoms with Crippen LogP contribution in [0, 0.1) is 0 Å². The van der Waals surface area contributed by atoms with Crippen molar-refractivity contribution in [3.63, 3.8) is 0 Å². The molecule has 0 aromatic carbocycles. The minimum absolute atomic E-state index is 0.108. The van der Waals surface area contributed by atoms with Gasteiger partial charge < -0.3 is 15.5 Å². The second-order valence-electron chi connectivity index (χ2n) is 5.33. The Morgan fingerprint density at radius 1 is 1.55 bits per heavy atom. The van der Waals surface area contributed by atoms with Crippen molar-refractivity contribution in [2.45, 2.75) is 31.8 Å². The SMILES string of the molecule is CNc1ncc(C(=O)NC2CCN(C)C(C)C2)cc1Cl. The molecule has 2 N–H and O–H groups in total. The van der Waals surface area contributed by atoms with E-state index in [0.29, 0.717) is 22.4 Å². The molecule has 1 aliphatic rings. The van der Waals surface area contributed by atoms with Crippen LogP contribution in [-0.4, -0.2) is 48.5 Å². The Morgan fingerprint density at radius 2 is 2.30 bits per heavy atom. The van der Waals surface area contributed by atoms with Gasteiger partial charge in [-0.1, -0.05) is 11.6 Å². The van der Waals surface area contributed by atoms with Gasteiger partial charge in [0.1, 0.15) is 5.82 Å². The van der Waals surface area contributed by atoms with Crippen LogP contribution in [0.25, 0.3) is 0 Å². The molecule has 2 heterocycles. The van der Waals surface area contributed by atoms with Crippen molar-refractivity contribution in [3.8, 4) is 0 Å². The molecule has 2 atom stereocenters. The maximum atomic E-state index is 12.2. The lowest BCUT2D eigenvalue weighted by Crippen LogP contribution is -2.47. The molecule has 1 fully saturated rings. The van der Waals surface area contributed by atoms with Crippen LogP contribution < -0.4 is 10.6 Å². The largest absolute Gasteiger partial charge is 0.372 e. The number of nitrogens with zero attached hydrogens (tertiary/aromatic N) is 2. The first-order valence-electron chi connectivity index (χ1n) is 6.85. The lowest BCUT2D eigenvalue weighted by atomic mass is 9.98. The van der Waals surface area contributed by atoms with Crippen LogP contribution in [0.5, 0.6) is 0 Å². The molecule has 1 aromatic rings. The molecule has 5 nitrogen and oxygen atoms in total. The Balaban J connectivity index is 2.00. The smallest absolute Gasteiger partial charge is 0.253 e. The molecule has 1 aromatic heterocycles. The topological polar surface area (TPSA) is 57.3 Å². The number of carbonyl (C=O) groups is 1. The number of anilines is 1. The number of aromatic nitrogens is 1. The van der Waals surface area contributed by atoms with Crippen LogP contribution in [0.15, 0.2) is 12.3 Å². The summed E-state index contributed by atoms with van der Waals surface area (Å²) in [6.07, 6.45) is 3.49. The van der Waals surface area contributed by atoms with E-state index in [1.54, 1.807) is 19.3 Å². The van der Waals surface area contributed by atoms with Crippen LogP contribution >= 0.6 is 11.6 Å². The standard InChI is InChI=1S/C14H21ClN4O/c1-9-6-11(4-5-19(9)3)18-14(20)10-7-12(15)13(16-2)17-8-10/h7-9,11H,4-6H2,1-3H3,(H,16,17)(H,18,20). The number of hydrogen-bond acceptors (Lipinski definition) is 4. The van der Waals surface area contributed by atoms with Gasteiger partial charge in [-0.3, -0.25) is 4.79 Å². The number of pyridine rings is 1. The summed E-state index contributed by atoms with van der Waals surface area (Å²) < 4.78 is 0. The van der Waals surface area contributed by atoms with Crippen molar-refractivity contribution >= 4 is 23.3 Å². The predicted molar refractivity (Wildman–Crippen MR) is 81.4 cm³/mol. The number of amides is 1. The van der Waals surface area contributed by atoms with E-state index in [-0.39, 0.29) is 11.9 Å². The molecular weight excluding hydrogens is 276 g/mol. The molecule has 0 aliphatic carbocycles. The van der Waals surface area contributed by atoms with Crippen LogP contribution in [0.4, 0.5) is 5.82 Å². The molecule has 6 heteroatoms. The van der Waals surface area contributed by atoms with Crippen LogP contribution in [0.3, 0.4) is 0 Å². The van der Waals surface area contributed by atoms with Gasteiger partial charge in [0.05, 0.1) is 10.6 Å². The zero-order valence-corrected chi connectivity index (χ0v) is 12.9. The van der Waals surface area contributed by atoms with E-state index in [0.717, 1.165) is 19.4 Å². The van der Waals surface area contributed by atoms with Crippen LogP contribution in [-0.2, 0) is 0 Å². The average Bonchev–Trinajstić information content (AvgIpc) is 2.42. The third kappa shape index (κ3) is 3.41. The second kappa shape index (κ2) is 6.41. The van der Waals surface area contributed by atoms with Gasteiger partial charge in [0.2, 0.25) is 0 Å². The lowest BCUT2D eigenvalue weighted by Gasteiger charge is -2.35. The van der Waals surface area contributed by atoms with E-state index < -0.39 is 0 Å². The van der Waals surface area contributed by atoms with Gasteiger partial charge in [-0.15, -0.1) is 0 Å². The van der Waals surface area contributed by atoms with Crippen molar-refractivity contribution in [1.29, 1.82) is 0 Å². The van der Waals surface area contributed by atoms with E-state index >= 15 is 0 Å². The number of carbonyl (C=O) groups excluding carboxylic acids is 1. The lowest BCUT2D eigenvalue weighted by molar-refractivity contribution is 0.0896. The van der Waals surface area contributed by atoms with Gasteiger partial charge in [0.25, 0.3) is 5.91 Å². The molecule has 110 valence electrons. The first kappa shape index (κ1) is 15.1. The van der Waals surface area contributed by atoms with E-state index in [1.165, 1.54) is 0 Å². The highest BCUT2D eigenvalue weighted by atomic mass is 35.5. The molecule has 1 saturated heterocycles. The van der Waals surface area contributed by atoms with Crippen molar-refractivity contribution in [3.05, 3.63) is 22.8 Å². The van der Waals surface area contributed by atoms with Crippen molar-refractivity contribution in [1.82, 2.24) is 15.2 Å². The molecule has 0 spiro atoms. The predicted octanol–water partition coefficient (Wildman–Crippen LogP) is 1.99. The first-order chi connectivity index (χ1) is 9.51. The quantitative estimate of drug-likeness (QED) is 0.896. The molecule has 1 aliphatic heterocycles. The third-order valence-electron chi connectivity index (χ3n) is 3.88. The summed E-state index contributed by atoms with van der Waals surface area (Å²) in [5.41, 5.74) is 0.501. The van der Waals surface area contributed by atoms with Crippen molar-refractivity contribution in [2.75, 3.05) is 26.0 Å². The number of hydrogen-bond donors (Lipinski definition) is 2. The van der Waals surface area contributed by atoms with Gasteiger partial charge in [-0.05, 0) is 32.9 Å². The number of halogens is 1. The summed E-state index contributed by atoms with van der Waals surface area (Å²) in [4.78, 5) is 18.6. The molecule has 0 saturated carbocycles. The molecule has 2 unspecified atom stereocenters. The number of nitrogens with one attached hydrogen (secondary N) is 2. The fourth-order valence-electron chi connectivity index (χ4n) is 2.44. The van der Waals surface area contributed by atoms with Gasteiger partial charge in [-0.2, -0.15) is 0 Å².